The molecule has 0 heterocycles. The molecule has 0 aliphatic carbocycles. The Labute approximate surface area is 153 Å². The maximum absolute atomic E-state index is 12.0. The summed E-state index contributed by atoms with van der Waals surface area (Å²) in [6, 6.07) is 3.66. The number of hydrogen-bond acceptors (Lipinski definition) is 3. The van der Waals surface area contributed by atoms with Gasteiger partial charge in [-0.25, -0.2) is 0 Å². The summed E-state index contributed by atoms with van der Waals surface area (Å²) in [4.78, 5) is 12.0. The SMILES string of the molecule is CCCCCCCCOC(=O)CCc1ccc(O)c(C)c1C(C)(C)C. The van der Waals surface area contributed by atoms with Gasteiger partial charge in [-0.05, 0) is 47.9 Å². The Morgan fingerprint density at radius 3 is 2.36 bits per heavy atom. The minimum Gasteiger partial charge on any atom is -0.508 e. The zero-order valence-electron chi connectivity index (χ0n) is 16.8. The smallest absolute Gasteiger partial charge is 0.306 e. The number of carbonyl (C=O) groups excluding carboxylic acids is 1. The number of aromatic hydroxyl groups is 1. The third kappa shape index (κ3) is 7.50. The summed E-state index contributed by atoms with van der Waals surface area (Å²) >= 11 is 0. The average Bonchev–Trinajstić information content (AvgIpc) is 2.53. The van der Waals surface area contributed by atoms with Crippen LogP contribution < -0.4 is 0 Å². The van der Waals surface area contributed by atoms with Crippen molar-refractivity contribution in [3.63, 3.8) is 0 Å². The molecule has 0 spiro atoms. The van der Waals surface area contributed by atoms with E-state index in [1.54, 1.807) is 6.07 Å². The van der Waals surface area contributed by atoms with Gasteiger partial charge in [-0.2, -0.15) is 0 Å². The molecule has 3 nitrogen and oxygen atoms in total. The molecule has 0 fully saturated rings. The molecule has 0 unspecified atom stereocenters. The molecule has 0 radical (unpaired) electrons. The number of aryl methyl sites for hydroxylation is 1. The van der Waals surface area contributed by atoms with Crippen molar-refractivity contribution in [3.05, 3.63) is 28.8 Å². The minimum absolute atomic E-state index is 0.0689. The molecular weight excluding hydrogens is 312 g/mol. The summed E-state index contributed by atoms with van der Waals surface area (Å²) in [5, 5.41) is 9.99. The van der Waals surface area contributed by atoms with E-state index in [0.29, 0.717) is 25.2 Å². The van der Waals surface area contributed by atoms with Crippen LogP contribution in [0.4, 0.5) is 0 Å². The van der Waals surface area contributed by atoms with Crippen LogP contribution in [0.2, 0.25) is 0 Å². The maximum atomic E-state index is 12.0. The number of carbonyl (C=O) groups is 1. The third-order valence-corrected chi connectivity index (χ3v) is 4.63. The zero-order chi connectivity index (χ0) is 18.9. The van der Waals surface area contributed by atoms with Gasteiger partial charge < -0.3 is 9.84 Å². The van der Waals surface area contributed by atoms with Crippen LogP contribution in [0.25, 0.3) is 0 Å². The summed E-state index contributed by atoms with van der Waals surface area (Å²) in [7, 11) is 0. The minimum atomic E-state index is -0.126. The Balaban J connectivity index is 2.45. The Bertz CT molecular complexity index is 541. The van der Waals surface area contributed by atoms with E-state index < -0.39 is 0 Å². The molecule has 0 aliphatic rings. The molecule has 3 heteroatoms. The van der Waals surface area contributed by atoms with Crippen molar-refractivity contribution < 1.29 is 14.6 Å². The molecule has 1 rings (SSSR count). The van der Waals surface area contributed by atoms with E-state index in [0.717, 1.165) is 29.5 Å². The van der Waals surface area contributed by atoms with E-state index in [9.17, 15) is 9.90 Å². The van der Waals surface area contributed by atoms with Crippen LogP contribution in [0.15, 0.2) is 12.1 Å². The second-order valence-corrected chi connectivity index (χ2v) is 7.98. The van der Waals surface area contributed by atoms with Crippen LogP contribution in [0.1, 0.15) is 89.3 Å². The summed E-state index contributed by atoms with van der Waals surface area (Å²) in [5.41, 5.74) is 3.10. The Morgan fingerprint density at radius 1 is 1.08 bits per heavy atom. The Kier molecular flexibility index (Phi) is 9.02. The molecule has 1 aromatic carbocycles. The van der Waals surface area contributed by atoms with Gasteiger partial charge in [-0.15, -0.1) is 0 Å². The van der Waals surface area contributed by atoms with E-state index >= 15 is 0 Å². The molecule has 0 aliphatic heterocycles. The lowest BCUT2D eigenvalue weighted by Crippen LogP contribution is -2.17. The molecule has 1 N–H and O–H groups in total. The van der Waals surface area contributed by atoms with Crippen molar-refractivity contribution >= 4 is 5.97 Å². The number of benzene rings is 1. The average molecular weight is 349 g/mol. The van der Waals surface area contributed by atoms with E-state index in [1.165, 1.54) is 25.7 Å². The van der Waals surface area contributed by atoms with Gasteiger partial charge in [0.25, 0.3) is 0 Å². The fraction of sp³-hybridized carbons (Fsp3) is 0.682. The molecule has 0 atom stereocenters. The standard InChI is InChI=1S/C22H36O3/c1-6-7-8-9-10-11-16-25-20(24)15-13-18-12-14-19(23)17(2)21(18)22(3,4)5/h12,14,23H,6-11,13,15-16H2,1-5H3. The van der Waals surface area contributed by atoms with Crippen molar-refractivity contribution in [2.45, 2.75) is 91.4 Å². The second kappa shape index (κ2) is 10.5. The normalized spacial score (nSPS) is 11.6. The van der Waals surface area contributed by atoms with Crippen LogP contribution in [0, 0.1) is 6.92 Å². The molecular formula is C22H36O3. The van der Waals surface area contributed by atoms with Crippen molar-refractivity contribution in [3.8, 4) is 5.75 Å². The van der Waals surface area contributed by atoms with Crippen molar-refractivity contribution in [1.82, 2.24) is 0 Å². The number of phenolic OH excluding ortho intramolecular Hbond substituents is 1. The van der Waals surface area contributed by atoms with Crippen LogP contribution in [0.3, 0.4) is 0 Å². The van der Waals surface area contributed by atoms with Crippen LogP contribution in [0.5, 0.6) is 5.75 Å². The molecule has 0 saturated carbocycles. The molecule has 0 bridgehead atoms. The highest BCUT2D eigenvalue weighted by Gasteiger charge is 2.22. The van der Waals surface area contributed by atoms with Gasteiger partial charge in [0.15, 0.2) is 0 Å². The van der Waals surface area contributed by atoms with Gasteiger partial charge in [0.05, 0.1) is 6.61 Å². The number of hydrogen-bond donors (Lipinski definition) is 1. The molecule has 0 amide bonds. The van der Waals surface area contributed by atoms with E-state index in [1.807, 2.05) is 13.0 Å². The van der Waals surface area contributed by atoms with Gasteiger partial charge in [0, 0.05) is 6.42 Å². The molecule has 0 aromatic heterocycles. The van der Waals surface area contributed by atoms with Gasteiger partial charge >= 0.3 is 5.97 Å². The van der Waals surface area contributed by atoms with Gasteiger partial charge in [0.1, 0.15) is 5.75 Å². The number of rotatable bonds is 10. The van der Waals surface area contributed by atoms with E-state index in [2.05, 4.69) is 27.7 Å². The van der Waals surface area contributed by atoms with Crippen molar-refractivity contribution in [1.29, 1.82) is 0 Å². The Hall–Kier alpha value is -1.51. The topological polar surface area (TPSA) is 46.5 Å². The quantitative estimate of drug-likeness (QED) is 0.427. The highest BCUT2D eigenvalue weighted by Crippen LogP contribution is 2.34. The lowest BCUT2D eigenvalue weighted by atomic mass is 9.79. The summed E-state index contributed by atoms with van der Waals surface area (Å²) in [5.74, 6) is 0.193. The molecule has 0 saturated heterocycles. The zero-order valence-corrected chi connectivity index (χ0v) is 16.8. The predicted molar refractivity (Wildman–Crippen MR) is 104 cm³/mol. The monoisotopic (exact) mass is 348 g/mol. The maximum Gasteiger partial charge on any atom is 0.306 e. The van der Waals surface area contributed by atoms with E-state index in [4.69, 9.17) is 4.74 Å². The fourth-order valence-electron chi connectivity index (χ4n) is 3.39. The lowest BCUT2D eigenvalue weighted by molar-refractivity contribution is -0.143. The summed E-state index contributed by atoms with van der Waals surface area (Å²) in [6.07, 6.45) is 8.20. The first kappa shape index (κ1) is 21.5. The third-order valence-electron chi connectivity index (χ3n) is 4.63. The first-order valence-electron chi connectivity index (χ1n) is 9.75. The lowest BCUT2D eigenvalue weighted by Gasteiger charge is -2.26. The molecule has 1 aromatic rings. The first-order valence-corrected chi connectivity index (χ1v) is 9.75. The van der Waals surface area contributed by atoms with Gasteiger partial charge in [0.2, 0.25) is 0 Å². The highest BCUT2D eigenvalue weighted by molar-refractivity contribution is 5.70. The Morgan fingerprint density at radius 2 is 1.72 bits per heavy atom. The van der Waals surface area contributed by atoms with Crippen LogP contribution in [-0.2, 0) is 21.4 Å². The summed E-state index contributed by atoms with van der Waals surface area (Å²) < 4.78 is 5.36. The largest absolute Gasteiger partial charge is 0.508 e. The molecule has 142 valence electrons. The first-order chi connectivity index (χ1) is 11.8. The number of phenols is 1. The second-order valence-electron chi connectivity index (χ2n) is 7.98. The van der Waals surface area contributed by atoms with Crippen molar-refractivity contribution in [2.24, 2.45) is 0 Å². The van der Waals surface area contributed by atoms with E-state index in [-0.39, 0.29) is 11.4 Å². The van der Waals surface area contributed by atoms with Crippen molar-refractivity contribution in [2.75, 3.05) is 6.61 Å². The fourth-order valence-corrected chi connectivity index (χ4v) is 3.39. The van der Waals surface area contributed by atoms with Gasteiger partial charge in [-0.3, -0.25) is 4.79 Å². The number of ether oxygens (including phenoxy) is 1. The summed E-state index contributed by atoms with van der Waals surface area (Å²) in [6.45, 7) is 11.1. The number of unbranched alkanes of at least 4 members (excludes halogenated alkanes) is 5. The predicted octanol–water partition coefficient (Wildman–Crippen LogP) is 5.83. The van der Waals surface area contributed by atoms with Crippen LogP contribution >= 0.6 is 0 Å². The highest BCUT2D eigenvalue weighted by atomic mass is 16.5. The van der Waals surface area contributed by atoms with Gasteiger partial charge in [-0.1, -0.05) is 65.9 Å². The van der Waals surface area contributed by atoms with Crippen LogP contribution in [-0.4, -0.2) is 17.7 Å². The number of esters is 1. The molecule has 25 heavy (non-hydrogen) atoms.